The van der Waals surface area contributed by atoms with Gasteiger partial charge in [0.1, 0.15) is 0 Å². The first-order valence-corrected chi connectivity index (χ1v) is 6.75. The van der Waals surface area contributed by atoms with Gasteiger partial charge in [-0.25, -0.2) is 13.2 Å². The number of nitrogens with two attached hydrogens (primary N) is 1. The molecule has 1 aliphatic rings. The van der Waals surface area contributed by atoms with E-state index in [1.54, 1.807) is 0 Å². The highest BCUT2D eigenvalue weighted by atomic mass is 32.2. The van der Waals surface area contributed by atoms with Crippen LogP contribution < -0.4 is 5.73 Å². The van der Waals surface area contributed by atoms with E-state index in [4.69, 9.17) is 15.6 Å². The van der Waals surface area contributed by atoms with E-state index in [0.717, 1.165) is 0 Å². The minimum Gasteiger partial charge on any atom is -0.475 e. The summed E-state index contributed by atoms with van der Waals surface area (Å²) in [6.07, 6.45) is -4.54. The lowest BCUT2D eigenvalue weighted by atomic mass is 10.1. The van der Waals surface area contributed by atoms with Crippen LogP contribution in [0.15, 0.2) is 0 Å². The number of sulfonamides is 1. The van der Waals surface area contributed by atoms with Gasteiger partial charge in [0.05, 0.1) is 0 Å². The molecule has 0 spiro atoms. The monoisotopic (exact) mass is 346 g/mol. The number of hydrogen-bond donors (Lipinski definition) is 2. The van der Waals surface area contributed by atoms with E-state index in [9.17, 15) is 34.8 Å². The number of carboxylic acids is 1. The molecular formula is C8H12F6N2O4S. The summed E-state index contributed by atoms with van der Waals surface area (Å²) in [5.41, 5.74) is 0.247. The van der Waals surface area contributed by atoms with E-state index in [1.807, 2.05) is 0 Å². The van der Waals surface area contributed by atoms with Gasteiger partial charge in [0, 0.05) is 19.1 Å². The second kappa shape index (κ2) is 6.79. The standard InChI is InChI=1S/C6H11F3N2O2S.C2HF3O2/c7-6(8,9)14(12,13)11-3-1-5(10)2-4-11;3-2(4,5)1(6)7/h5H,1-4,10H2;(H,6,7). The lowest BCUT2D eigenvalue weighted by molar-refractivity contribution is -0.192. The van der Waals surface area contributed by atoms with Crippen LogP contribution in [0.5, 0.6) is 0 Å². The van der Waals surface area contributed by atoms with Crippen molar-refractivity contribution in [2.75, 3.05) is 13.1 Å². The van der Waals surface area contributed by atoms with Crippen LogP contribution in [-0.4, -0.2) is 54.6 Å². The molecule has 1 rings (SSSR count). The third-order valence-corrected chi connectivity index (χ3v) is 4.00. The quantitative estimate of drug-likeness (QED) is 0.687. The largest absolute Gasteiger partial charge is 0.511 e. The second-order valence-corrected chi connectivity index (χ2v) is 5.92. The molecule has 0 atom stereocenters. The number of nitrogens with zero attached hydrogens (tertiary/aromatic N) is 1. The summed E-state index contributed by atoms with van der Waals surface area (Å²) in [6.45, 7) is -0.300. The van der Waals surface area contributed by atoms with E-state index in [-0.39, 0.29) is 32.0 Å². The number of halogens is 6. The maximum absolute atomic E-state index is 12.1. The van der Waals surface area contributed by atoms with Crippen molar-refractivity contribution < 1.29 is 44.7 Å². The van der Waals surface area contributed by atoms with Crippen molar-refractivity contribution in [3.05, 3.63) is 0 Å². The Kier molecular flexibility index (Phi) is 6.44. The molecule has 0 amide bonds. The highest BCUT2D eigenvalue weighted by Crippen LogP contribution is 2.28. The lowest BCUT2D eigenvalue weighted by Gasteiger charge is -2.29. The number of aliphatic carboxylic acids is 1. The van der Waals surface area contributed by atoms with E-state index >= 15 is 0 Å². The Hall–Kier alpha value is -1.08. The molecule has 0 aromatic rings. The highest BCUT2D eigenvalue weighted by molar-refractivity contribution is 7.90. The second-order valence-electron chi connectivity index (χ2n) is 3.99. The number of carboxylic acid groups (broad SMARTS) is 1. The van der Waals surface area contributed by atoms with Crippen LogP contribution in [0.3, 0.4) is 0 Å². The average molecular weight is 346 g/mol. The molecule has 0 radical (unpaired) electrons. The van der Waals surface area contributed by atoms with Crippen molar-refractivity contribution in [1.29, 1.82) is 0 Å². The van der Waals surface area contributed by atoms with Crippen molar-refractivity contribution >= 4 is 16.0 Å². The maximum atomic E-state index is 12.1. The molecular weight excluding hydrogens is 334 g/mol. The molecule has 1 fully saturated rings. The minimum absolute atomic E-state index is 0.150. The van der Waals surface area contributed by atoms with Crippen LogP contribution in [0.25, 0.3) is 0 Å². The number of carbonyl (C=O) groups is 1. The number of rotatable bonds is 1. The third kappa shape index (κ3) is 6.05. The molecule has 0 aliphatic carbocycles. The Balaban J connectivity index is 0.000000486. The van der Waals surface area contributed by atoms with Crippen molar-refractivity contribution in [3.8, 4) is 0 Å². The molecule has 6 nitrogen and oxygen atoms in total. The smallest absolute Gasteiger partial charge is 0.475 e. The van der Waals surface area contributed by atoms with Crippen molar-refractivity contribution in [1.82, 2.24) is 4.31 Å². The normalized spacial score (nSPS) is 18.8. The van der Waals surface area contributed by atoms with Crippen LogP contribution in [0, 0.1) is 0 Å². The fourth-order valence-corrected chi connectivity index (χ4v) is 2.25. The zero-order valence-corrected chi connectivity index (χ0v) is 11.1. The molecule has 0 saturated carbocycles. The lowest BCUT2D eigenvalue weighted by Crippen LogP contribution is -2.47. The van der Waals surface area contributed by atoms with Crippen molar-refractivity contribution in [2.24, 2.45) is 5.73 Å². The fourth-order valence-electron chi connectivity index (χ4n) is 1.26. The SMILES string of the molecule is NC1CCN(S(=O)(=O)C(F)(F)F)CC1.O=C(O)C(F)(F)F. The maximum Gasteiger partial charge on any atom is 0.511 e. The summed E-state index contributed by atoms with van der Waals surface area (Å²) in [5.74, 6) is -2.76. The minimum atomic E-state index is -5.20. The first-order valence-electron chi connectivity index (χ1n) is 5.31. The summed E-state index contributed by atoms with van der Waals surface area (Å²) in [4.78, 5) is 8.90. The first-order chi connectivity index (χ1) is 9.19. The van der Waals surface area contributed by atoms with Crippen LogP contribution in [-0.2, 0) is 14.8 Å². The van der Waals surface area contributed by atoms with Gasteiger partial charge in [-0.3, -0.25) is 0 Å². The van der Waals surface area contributed by atoms with Gasteiger partial charge in [0.15, 0.2) is 0 Å². The van der Waals surface area contributed by atoms with Crippen LogP contribution in [0.1, 0.15) is 12.8 Å². The molecule has 0 unspecified atom stereocenters. The summed E-state index contributed by atoms with van der Waals surface area (Å²) in [7, 11) is -5.15. The van der Waals surface area contributed by atoms with Crippen LogP contribution in [0.4, 0.5) is 26.3 Å². The molecule has 1 aliphatic heterocycles. The Labute approximate surface area is 115 Å². The van der Waals surface area contributed by atoms with Gasteiger partial charge in [0.2, 0.25) is 0 Å². The molecule has 0 aromatic heterocycles. The summed E-state index contributed by atoms with van der Waals surface area (Å²) in [6, 6.07) is -0.199. The zero-order valence-electron chi connectivity index (χ0n) is 10.3. The molecule has 0 aromatic carbocycles. The summed E-state index contributed by atoms with van der Waals surface area (Å²) >= 11 is 0. The van der Waals surface area contributed by atoms with Crippen LogP contribution >= 0.6 is 0 Å². The van der Waals surface area contributed by atoms with E-state index in [2.05, 4.69) is 0 Å². The molecule has 1 heterocycles. The molecule has 1 saturated heterocycles. The number of alkyl halides is 6. The predicted octanol–water partition coefficient (Wildman–Crippen LogP) is 0.892. The van der Waals surface area contributed by atoms with E-state index in [1.165, 1.54) is 0 Å². The van der Waals surface area contributed by atoms with Gasteiger partial charge < -0.3 is 10.8 Å². The molecule has 3 N–H and O–H groups in total. The summed E-state index contributed by atoms with van der Waals surface area (Å²) in [5, 5.41) is 7.12. The van der Waals surface area contributed by atoms with Gasteiger partial charge in [-0.1, -0.05) is 0 Å². The molecule has 13 heteroatoms. The molecule has 126 valence electrons. The highest BCUT2D eigenvalue weighted by Gasteiger charge is 2.50. The Morgan fingerprint density at radius 3 is 1.67 bits per heavy atom. The number of piperidine rings is 1. The van der Waals surface area contributed by atoms with Crippen molar-refractivity contribution in [2.45, 2.75) is 30.6 Å². The van der Waals surface area contributed by atoms with Gasteiger partial charge in [-0.05, 0) is 12.8 Å². The van der Waals surface area contributed by atoms with Gasteiger partial charge in [0.25, 0.3) is 0 Å². The number of hydrogen-bond acceptors (Lipinski definition) is 4. The Morgan fingerprint density at radius 2 is 1.43 bits per heavy atom. The third-order valence-electron chi connectivity index (χ3n) is 2.37. The van der Waals surface area contributed by atoms with Gasteiger partial charge in [-0.15, -0.1) is 0 Å². The van der Waals surface area contributed by atoms with Crippen molar-refractivity contribution in [3.63, 3.8) is 0 Å². The fraction of sp³-hybridized carbons (Fsp3) is 0.875. The van der Waals surface area contributed by atoms with Gasteiger partial charge in [-0.2, -0.15) is 30.6 Å². The molecule has 0 bridgehead atoms. The molecule has 21 heavy (non-hydrogen) atoms. The van der Waals surface area contributed by atoms with Gasteiger partial charge >= 0.3 is 27.7 Å². The summed E-state index contributed by atoms with van der Waals surface area (Å²) < 4.78 is 90.1. The average Bonchev–Trinajstić information content (AvgIpc) is 2.27. The predicted molar refractivity (Wildman–Crippen MR) is 57.4 cm³/mol. The topological polar surface area (TPSA) is 101 Å². The zero-order chi connectivity index (χ0) is 17.1. The Morgan fingerprint density at radius 1 is 1.10 bits per heavy atom. The Bertz CT molecular complexity index is 452. The van der Waals surface area contributed by atoms with Crippen LogP contribution in [0.2, 0.25) is 0 Å². The van der Waals surface area contributed by atoms with E-state index < -0.39 is 27.7 Å². The first kappa shape index (κ1) is 19.9. The van der Waals surface area contributed by atoms with E-state index in [0.29, 0.717) is 4.31 Å².